The van der Waals surface area contributed by atoms with E-state index < -0.39 is 17.3 Å². The Labute approximate surface area is 142 Å². The summed E-state index contributed by atoms with van der Waals surface area (Å²) >= 11 is 0. The second-order valence-electron chi connectivity index (χ2n) is 5.12. The van der Waals surface area contributed by atoms with Crippen LogP contribution >= 0.6 is 0 Å². The summed E-state index contributed by atoms with van der Waals surface area (Å²) in [4.78, 5) is 27.1. The van der Waals surface area contributed by atoms with Crippen LogP contribution in [0.1, 0.15) is 17.3 Å². The summed E-state index contributed by atoms with van der Waals surface area (Å²) < 4.78 is 24.0. The van der Waals surface area contributed by atoms with Gasteiger partial charge in [-0.3, -0.25) is 9.59 Å². The van der Waals surface area contributed by atoms with E-state index in [-0.39, 0.29) is 11.3 Å². The molecule has 0 aliphatic rings. The maximum atomic E-state index is 13.4. The average molecular weight is 342 g/mol. The monoisotopic (exact) mass is 342 g/mol. The molecule has 0 radical (unpaired) electrons. The second-order valence-corrected chi connectivity index (χ2v) is 5.12. The molecule has 0 saturated heterocycles. The molecule has 0 saturated carbocycles. The van der Waals surface area contributed by atoms with E-state index >= 15 is 0 Å². The van der Waals surface area contributed by atoms with Crippen LogP contribution in [-0.2, 0) is 0 Å². The number of carbonyl (C=O) groups excluding carboxylic acids is 1. The van der Waals surface area contributed by atoms with Gasteiger partial charge in [0.1, 0.15) is 22.9 Å². The molecule has 25 heavy (non-hydrogen) atoms. The predicted molar refractivity (Wildman–Crippen MR) is 90.3 cm³/mol. The molecule has 1 aromatic carbocycles. The molecule has 6 nitrogen and oxygen atoms in total. The summed E-state index contributed by atoms with van der Waals surface area (Å²) in [5, 5.41) is 2.50. The molecular weight excluding hydrogens is 327 g/mol. The molecule has 0 bridgehead atoms. The molecule has 2 aromatic heterocycles. The first-order chi connectivity index (χ1) is 12.1. The first-order valence-corrected chi connectivity index (χ1v) is 7.59. The van der Waals surface area contributed by atoms with Crippen LogP contribution in [0.4, 0.5) is 10.1 Å². The Kier molecular flexibility index (Phi) is 4.65. The number of ether oxygens (including phenoxy) is 1. The van der Waals surface area contributed by atoms with Gasteiger partial charge >= 0.3 is 0 Å². The molecule has 0 atom stereocenters. The Hall–Kier alpha value is -3.35. The lowest BCUT2D eigenvalue weighted by Gasteiger charge is -2.11. The van der Waals surface area contributed by atoms with Gasteiger partial charge in [0.2, 0.25) is 0 Å². The molecule has 3 rings (SSSR count). The van der Waals surface area contributed by atoms with Gasteiger partial charge in [-0.1, -0.05) is 0 Å². The van der Waals surface area contributed by atoms with Crippen molar-refractivity contribution in [2.45, 2.75) is 6.92 Å². The topological polar surface area (TPSA) is 84.3 Å². The average Bonchev–Trinajstić information content (AvgIpc) is 3.12. The number of pyridine rings is 1. The minimum absolute atomic E-state index is 0.109. The summed E-state index contributed by atoms with van der Waals surface area (Å²) in [5.41, 5.74) is -0.0866. The summed E-state index contributed by atoms with van der Waals surface area (Å²) in [5.74, 6) is -0.395. The van der Waals surface area contributed by atoms with E-state index in [1.807, 2.05) is 0 Å². The fourth-order valence-electron chi connectivity index (χ4n) is 2.30. The molecule has 128 valence electrons. The smallest absolute Gasteiger partial charge is 0.261 e. The lowest BCUT2D eigenvalue weighted by atomic mass is 10.2. The van der Waals surface area contributed by atoms with E-state index in [2.05, 4.69) is 10.3 Å². The van der Waals surface area contributed by atoms with Gasteiger partial charge in [-0.15, -0.1) is 0 Å². The minimum Gasteiger partial charge on any atom is -0.492 e. The van der Waals surface area contributed by atoms with Crippen LogP contribution in [0.2, 0.25) is 0 Å². The zero-order valence-corrected chi connectivity index (χ0v) is 13.3. The highest BCUT2D eigenvalue weighted by molar-refractivity contribution is 6.04. The van der Waals surface area contributed by atoms with Gasteiger partial charge in [-0.05, 0) is 43.3 Å². The number of anilines is 1. The fraction of sp³-hybridized carbons (Fsp3) is 0.111. The van der Waals surface area contributed by atoms with Gasteiger partial charge in [0.05, 0.1) is 24.3 Å². The zero-order valence-electron chi connectivity index (χ0n) is 13.3. The van der Waals surface area contributed by atoms with Crippen LogP contribution in [0.15, 0.2) is 57.9 Å². The van der Waals surface area contributed by atoms with Gasteiger partial charge in [-0.25, -0.2) is 4.39 Å². The van der Waals surface area contributed by atoms with Crippen LogP contribution in [0.5, 0.6) is 5.75 Å². The van der Waals surface area contributed by atoms with Crippen molar-refractivity contribution in [3.63, 3.8) is 0 Å². The van der Waals surface area contributed by atoms with Crippen molar-refractivity contribution in [1.82, 2.24) is 4.98 Å². The Balaban J connectivity index is 1.87. The van der Waals surface area contributed by atoms with Crippen LogP contribution in [0, 0.1) is 5.82 Å². The van der Waals surface area contributed by atoms with E-state index in [4.69, 9.17) is 9.15 Å². The minimum atomic E-state index is -0.668. The molecule has 7 heteroatoms. The van der Waals surface area contributed by atoms with Crippen molar-refractivity contribution < 1.29 is 18.3 Å². The third kappa shape index (κ3) is 3.60. The highest BCUT2D eigenvalue weighted by atomic mass is 19.1. The number of halogens is 1. The lowest BCUT2D eigenvalue weighted by molar-refractivity contribution is 0.102. The van der Waals surface area contributed by atoms with Crippen molar-refractivity contribution in [2.24, 2.45) is 0 Å². The molecule has 2 heterocycles. The first-order valence-electron chi connectivity index (χ1n) is 7.59. The standard InChI is InChI=1S/C18H15FN2O4/c1-2-24-16-8-5-11(19)10-14(16)21-18(23)12-6-7-13(20-17(12)22)15-4-3-9-25-15/h3-10H,2H2,1H3,(H,20,22)(H,21,23). The van der Waals surface area contributed by atoms with E-state index in [9.17, 15) is 14.0 Å². The number of amides is 1. The normalized spacial score (nSPS) is 10.5. The maximum absolute atomic E-state index is 13.4. The van der Waals surface area contributed by atoms with Crippen LogP contribution in [0.3, 0.4) is 0 Å². The largest absolute Gasteiger partial charge is 0.492 e. The Morgan fingerprint density at radius 3 is 2.80 bits per heavy atom. The van der Waals surface area contributed by atoms with Crippen molar-refractivity contribution >= 4 is 11.6 Å². The summed E-state index contributed by atoms with van der Waals surface area (Å²) in [6.45, 7) is 2.12. The Morgan fingerprint density at radius 1 is 1.28 bits per heavy atom. The molecule has 0 unspecified atom stereocenters. The number of furan rings is 1. The summed E-state index contributed by atoms with van der Waals surface area (Å²) in [6, 6.07) is 10.1. The molecule has 0 fully saturated rings. The van der Waals surface area contributed by atoms with Gasteiger partial charge in [-0.2, -0.15) is 0 Å². The number of aromatic nitrogens is 1. The number of nitrogens with one attached hydrogen (secondary N) is 2. The zero-order chi connectivity index (χ0) is 17.8. The van der Waals surface area contributed by atoms with Gasteiger partial charge in [0.15, 0.2) is 0 Å². The molecule has 3 aromatic rings. The van der Waals surface area contributed by atoms with Crippen LogP contribution in [0.25, 0.3) is 11.5 Å². The van der Waals surface area contributed by atoms with Crippen LogP contribution in [-0.4, -0.2) is 17.5 Å². The van der Waals surface area contributed by atoms with E-state index in [0.29, 0.717) is 23.8 Å². The highest BCUT2D eigenvalue weighted by Crippen LogP contribution is 2.26. The number of H-pyrrole nitrogens is 1. The van der Waals surface area contributed by atoms with Gasteiger partial charge in [0.25, 0.3) is 11.5 Å². The SMILES string of the molecule is CCOc1ccc(F)cc1NC(=O)c1ccc(-c2ccco2)[nH]c1=O. The number of benzene rings is 1. The second kappa shape index (κ2) is 7.04. The van der Waals surface area contributed by atoms with Crippen molar-refractivity contribution in [3.05, 3.63) is 70.5 Å². The predicted octanol–water partition coefficient (Wildman–Crippen LogP) is 3.43. The molecule has 0 aliphatic carbocycles. The molecule has 2 N–H and O–H groups in total. The maximum Gasteiger partial charge on any atom is 0.261 e. The summed E-state index contributed by atoms with van der Waals surface area (Å²) in [6.07, 6.45) is 1.48. The number of hydrogen-bond acceptors (Lipinski definition) is 4. The number of hydrogen-bond donors (Lipinski definition) is 2. The number of rotatable bonds is 5. The highest BCUT2D eigenvalue weighted by Gasteiger charge is 2.15. The fourth-order valence-corrected chi connectivity index (χ4v) is 2.30. The molecule has 0 spiro atoms. The molecule has 0 aliphatic heterocycles. The molecular formula is C18H15FN2O4. The first kappa shape index (κ1) is 16.5. The Morgan fingerprint density at radius 2 is 2.12 bits per heavy atom. The van der Waals surface area contributed by atoms with Gasteiger partial charge < -0.3 is 19.5 Å². The third-order valence-electron chi connectivity index (χ3n) is 3.43. The van der Waals surface area contributed by atoms with E-state index in [1.54, 1.807) is 25.1 Å². The Bertz CT molecular complexity index is 948. The van der Waals surface area contributed by atoms with Crippen molar-refractivity contribution in [1.29, 1.82) is 0 Å². The van der Waals surface area contributed by atoms with Crippen molar-refractivity contribution in [2.75, 3.05) is 11.9 Å². The quantitative estimate of drug-likeness (QED) is 0.744. The van der Waals surface area contributed by atoms with Gasteiger partial charge in [0, 0.05) is 6.07 Å². The third-order valence-corrected chi connectivity index (χ3v) is 3.43. The summed E-state index contributed by atoms with van der Waals surface area (Å²) in [7, 11) is 0. The molecule has 1 amide bonds. The van der Waals surface area contributed by atoms with Crippen molar-refractivity contribution in [3.8, 4) is 17.2 Å². The van der Waals surface area contributed by atoms with Crippen LogP contribution < -0.4 is 15.6 Å². The lowest BCUT2D eigenvalue weighted by Crippen LogP contribution is -2.23. The van der Waals surface area contributed by atoms with E-state index in [0.717, 1.165) is 6.07 Å². The van der Waals surface area contributed by atoms with E-state index in [1.165, 1.54) is 24.5 Å². The number of carbonyl (C=O) groups is 1. The number of aromatic amines is 1.